The van der Waals surface area contributed by atoms with E-state index in [1.165, 1.54) is 6.07 Å². The van der Waals surface area contributed by atoms with Crippen LogP contribution in [0, 0.1) is 30.0 Å². The van der Waals surface area contributed by atoms with Gasteiger partial charge in [0.05, 0.1) is 11.0 Å². The number of amides is 1. The Morgan fingerprint density at radius 1 is 1.27 bits per heavy atom. The van der Waals surface area contributed by atoms with E-state index in [9.17, 15) is 19.1 Å². The number of hydrogen-bond acceptors (Lipinski definition) is 4. The van der Waals surface area contributed by atoms with Gasteiger partial charge >= 0.3 is 5.97 Å². The predicted octanol–water partition coefficient (Wildman–Crippen LogP) is 2.95. The summed E-state index contributed by atoms with van der Waals surface area (Å²) in [6.45, 7) is 1.24. The Morgan fingerprint density at radius 3 is 2.58 bits per heavy atom. The summed E-state index contributed by atoms with van der Waals surface area (Å²) < 4.78 is 18.8. The van der Waals surface area contributed by atoms with Gasteiger partial charge in [0.1, 0.15) is 5.82 Å². The molecule has 26 heavy (non-hydrogen) atoms. The first-order chi connectivity index (χ1) is 12.3. The van der Waals surface area contributed by atoms with Crippen LogP contribution >= 0.6 is 0 Å². The summed E-state index contributed by atoms with van der Waals surface area (Å²) in [6, 6.07) is 4.42. The van der Waals surface area contributed by atoms with Gasteiger partial charge in [-0.05, 0) is 75.0 Å². The third-order valence-electron chi connectivity index (χ3n) is 6.25. The molecule has 0 spiro atoms. The third kappa shape index (κ3) is 3.11. The molecule has 140 valence electrons. The predicted molar refractivity (Wildman–Crippen MR) is 92.8 cm³/mol. The first-order valence-electron chi connectivity index (χ1n) is 9.23. The fourth-order valence-electron chi connectivity index (χ4n) is 5.60. The second-order valence-electron chi connectivity index (χ2n) is 8.55. The molecule has 6 heteroatoms. The summed E-state index contributed by atoms with van der Waals surface area (Å²) >= 11 is 0. The topological polar surface area (TPSA) is 75.6 Å². The van der Waals surface area contributed by atoms with Crippen molar-refractivity contribution < 1.29 is 23.8 Å². The van der Waals surface area contributed by atoms with E-state index in [-0.39, 0.29) is 5.97 Å². The molecule has 1 aromatic carbocycles. The highest BCUT2D eigenvalue weighted by molar-refractivity contribution is 5.93. The maximum absolute atomic E-state index is 13.5. The molecule has 0 radical (unpaired) electrons. The molecule has 4 aliphatic carbocycles. The van der Waals surface area contributed by atoms with Crippen LogP contribution in [0.25, 0.3) is 0 Å². The standard InChI is InChI=1S/C20H24FNO4/c1-12-2-3-15(5-16(12)21)22-17(23)10-26-18(24)19-6-13-4-14(7-19)9-20(25,8-13)11-19/h2-3,5,13-14,25H,4,6-11H2,1H3,(H,22,23)/t13-,14+,19?,20?. The SMILES string of the molecule is Cc1ccc(NC(=O)COC(=O)C23C[C@@H]4C[C@@H](CC(O)(C4)C2)C3)cc1F. The number of aliphatic hydroxyl groups is 1. The number of aryl methyl sites for hydroxylation is 1. The van der Waals surface area contributed by atoms with Gasteiger partial charge in [0, 0.05) is 5.69 Å². The molecule has 0 saturated heterocycles. The van der Waals surface area contributed by atoms with E-state index in [0.29, 0.717) is 29.5 Å². The molecule has 1 aromatic rings. The first-order valence-corrected chi connectivity index (χ1v) is 9.23. The van der Waals surface area contributed by atoms with Crippen molar-refractivity contribution in [2.75, 3.05) is 11.9 Å². The number of rotatable bonds is 4. The number of benzene rings is 1. The average Bonchev–Trinajstić information content (AvgIpc) is 2.53. The Balaban J connectivity index is 1.36. The van der Waals surface area contributed by atoms with E-state index in [4.69, 9.17) is 4.74 Å². The second kappa shape index (κ2) is 6.05. The zero-order chi connectivity index (χ0) is 18.5. The van der Waals surface area contributed by atoms with Gasteiger partial charge < -0.3 is 15.2 Å². The highest BCUT2D eigenvalue weighted by atomic mass is 19.1. The summed E-state index contributed by atoms with van der Waals surface area (Å²) in [5.74, 6) is -0.529. The monoisotopic (exact) mass is 361 g/mol. The van der Waals surface area contributed by atoms with Gasteiger partial charge in [-0.15, -0.1) is 0 Å². The molecule has 2 N–H and O–H groups in total. The van der Waals surface area contributed by atoms with Crippen molar-refractivity contribution in [1.29, 1.82) is 0 Å². The third-order valence-corrected chi connectivity index (χ3v) is 6.25. The van der Waals surface area contributed by atoms with E-state index in [2.05, 4.69) is 5.32 Å². The lowest BCUT2D eigenvalue weighted by Crippen LogP contribution is -2.58. The number of carbonyl (C=O) groups excluding carboxylic acids is 2. The number of carbonyl (C=O) groups is 2. The Kier molecular flexibility index (Phi) is 4.06. The molecular weight excluding hydrogens is 337 g/mol. The molecule has 4 bridgehead atoms. The number of ether oxygens (including phenoxy) is 1. The minimum absolute atomic E-state index is 0.332. The van der Waals surface area contributed by atoms with Gasteiger partial charge in [0.15, 0.2) is 6.61 Å². The van der Waals surface area contributed by atoms with Crippen LogP contribution in [0.15, 0.2) is 18.2 Å². The number of halogens is 1. The van der Waals surface area contributed by atoms with Crippen LogP contribution in [-0.4, -0.2) is 29.2 Å². The fourth-order valence-corrected chi connectivity index (χ4v) is 5.60. The molecule has 1 amide bonds. The lowest BCUT2D eigenvalue weighted by Gasteiger charge is -2.58. The molecule has 5 rings (SSSR count). The normalized spacial score (nSPS) is 34.6. The van der Waals surface area contributed by atoms with Crippen molar-refractivity contribution in [1.82, 2.24) is 0 Å². The number of nitrogens with one attached hydrogen (secondary N) is 1. The number of esters is 1. The Morgan fingerprint density at radius 2 is 1.96 bits per heavy atom. The van der Waals surface area contributed by atoms with E-state index >= 15 is 0 Å². The maximum atomic E-state index is 13.5. The minimum Gasteiger partial charge on any atom is -0.455 e. The smallest absolute Gasteiger partial charge is 0.312 e. The second-order valence-corrected chi connectivity index (χ2v) is 8.55. The van der Waals surface area contributed by atoms with Crippen molar-refractivity contribution in [3.8, 4) is 0 Å². The zero-order valence-electron chi connectivity index (χ0n) is 14.9. The number of hydrogen-bond donors (Lipinski definition) is 2. The van der Waals surface area contributed by atoms with Crippen molar-refractivity contribution >= 4 is 17.6 Å². The van der Waals surface area contributed by atoms with E-state index in [1.807, 2.05) is 0 Å². The molecule has 4 aliphatic rings. The number of anilines is 1. The Labute approximate surface area is 151 Å². The van der Waals surface area contributed by atoms with Crippen molar-refractivity contribution in [3.63, 3.8) is 0 Å². The highest BCUT2D eigenvalue weighted by Crippen LogP contribution is 2.61. The molecule has 0 heterocycles. The maximum Gasteiger partial charge on any atom is 0.312 e. The van der Waals surface area contributed by atoms with Crippen LogP contribution in [0.1, 0.15) is 44.1 Å². The minimum atomic E-state index is -0.745. The summed E-state index contributed by atoms with van der Waals surface area (Å²) in [7, 11) is 0. The highest BCUT2D eigenvalue weighted by Gasteiger charge is 2.60. The van der Waals surface area contributed by atoms with Crippen molar-refractivity contribution in [2.45, 2.75) is 51.0 Å². The van der Waals surface area contributed by atoms with Crippen LogP contribution in [0.5, 0.6) is 0 Å². The fraction of sp³-hybridized carbons (Fsp3) is 0.600. The lowest BCUT2D eigenvalue weighted by molar-refractivity contribution is -0.196. The molecule has 5 nitrogen and oxygen atoms in total. The summed E-state index contributed by atoms with van der Waals surface area (Å²) in [5.41, 5.74) is -0.563. The van der Waals surface area contributed by atoms with Gasteiger partial charge in [-0.1, -0.05) is 6.07 Å². The lowest BCUT2D eigenvalue weighted by atomic mass is 9.48. The van der Waals surface area contributed by atoms with Crippen LogP contribution in [0.4, 0.5) is 10.1 Å². The van der Waals surface area contributed by atoms with Crippen molar-refractivity contribution in [3.05, 3.63) is 29.6 Å². The quantitative estimate of drug-likeness (QED) is 0.809. The Bertz CT molecular complexity index is 748. The van der Waals surface area contributed by atoms with E-state index in [1.54, 1.807) is 19.1 Å². The van der Waals surface area contributed by atoms with Gasteiger partial charge in [-0.3, -0.25) is 9.59 Å². The zero-order valence-corrected chi connectivity index (χ0v) is 14.9. The van der Waals surface area contributed by atoms with Gasteiger partial charge in [0.2, 0.25) is 0 Å². The van der Waals surface area contributed by atoms with Gasteiger partial charge in [-0.25, -0.2) is 4.39 Å². The van der Waals surface area contributed by atoms with E-state index in [0.717, 1.165) is 32.1 Å². The first kappa shape index (κ1) is 17.5. The van der Waals surface area contributed by atoms with Gasteiger partial charge in [-0.2, -0.15) is 0 Å². The largest absolute Gasteiger partial charge is 0.455 e. The van der Waals surface area contributed by atoms with Crippen LogP contribution in [-0.2, 0) is 14.3 Å². The molecule has 4 atom stereocenters. The molecule has 4 saturated carbocycles. The summed E-state index contributed by atoms with van der Waals surface area (Å²) in [4.78, 5) is 24.8. The van der Waals surface area contributed by atoms with Crippen molar-refractivity contribution in [2.24, 2.45) is 17.3 Å². The van der Waals surface area contributed by atoms with Crippen LogP contribution in [0.2, 0.25) is 0 Å². The van der Waals surface area contributed by atoms with Gasteiger partial charge in [0.25, 0.3) is 5.91 Å². The van der Waals surface area contributed by atoms with Crippen LogP contribution < -0.4 is 5.32 Å². The molecular formula is C20H24FNO4. The molecule has 0 aromatic heterocycles. The van der Waals surface area contributed by atoms with Crippen LogP contribution in [0.3, 0.4) is 0 Å². The molecule has 2 unspecified atom stereocenters. The molecule has 0 aliphatic heterocycles. The van der Waals surface area contributed by atoms with E-state index < -0.39 is 29.3 Å². The Hall–Kier alpha value is -1.95. The molecule has 4 fully saturated rings. The summed E-state index contributed by atoms with van der Waals surface area (Å²) in [6.07, 6.45) is 4.56. The average molecular weight is 361 g/mol. The summed E-state index contributed by atoms with van der Waals surface area (Å²) in [5, 5.41) is 13.3.